The third kappa shape index (κ3) is 1.94. The number of ether oxygens (including phenoxy) is 1. The molecule has 1 heterocycles. The van der Waals surface area contributed by atoms with Crippen molar-refractivity contribution in [1.29, 1.82) is 0 Å². The van der Waals surface area contributed by atoms with E-state index in [9.17, 15) is 4.79 Å². The van der Waals surface area contributed by atoms with Crippen LogP contribution in [0.5, 0.6) is 5.75 Å². The molecule has 5 nitrogen and oxygen atoms in total. The highest BCUT2D eigenvalue weighted by atomic mass is 16.5. The molecule has 86 valence electrons. The average Bonchev–Trinajstić information content (AvgIpc) is 2.61. The van der Waals surface area contributed by atoms with Gasteiger partial charge in [-0.1, -0.05) is 18.2 Å². The SMILES string of the molecule is NC1(Oc2ccccc2)CCCN1C(=O)O. The van der Waals surface area contributed by atoms with Crippen molar-refractivity contribution < 1.29 is 14.6 Å². The fourth-order valence-electron chi connectivity index (χ4n) is 1.87. The molecule has 0 saturated carbocycles. The van der Waals surface area contributed by atoms with Gasteiger partial charge in [0.25, 0.3) is 0 Å². The van der Waals surface area contributed by atoms with E-state index in [1.54, 1.807) is 12.1 Å². The summed E-state index contributed by atoms with van der Waals surface area (Å²) in [6.07, 6.45) is 0.181. The standard InChI is InChI=1S/C11H14N2O3/c12-11(7-4-8-13(11)10(14)15)16-9-5-2-1-3-6-9/h1-3,5-6H,4,7-8,12H2,(H,14,15). The lowest BCUT2D eigenvalue weighted by Gasteiger charge is -2.32. The molecule has 0 radical (unpaired) electrons. The second kappa shape index (κ2) is 4.02. The molecule has 3 N–H and O–H groups in total. The second-order valence-corrected chi connectivity index (χ2v) is 3.80. The number of nitrogens with zero attached hydrogens (tertiary/aromatic N) is 1. The Bertz CT molecular complexity index is 382. The van der Waals surface area contributed by atoms with Crippen molar-refractivity contribution in [2.24, 2.45) is 5.73 Å². The van der Waals surface area contributed by atoms with Gasteiger partial charge >= 0.3 is 6.09 Å². The number of hydrogen-bond acceptors (Lipinski definition) is 3. The number of carbonyl (C=O) groups is 1. The van der Waals surface area contributed by atoms with Gasteiger partial charge in [-0.15, -0.1) is 0 Å². The Labute approximate surface area is 93.4 Å². The highest BCUT2D eigenvalue weighted by Gasteiger charge is 2.42. The molecule has 16 heavy (non-hydrogen) atoms. The minimum Gasteiger partial charge on any atom is -0.465 e. The molecule has 1 aromatic rings. The molecule has 1 saturated heterocycles. The first-order valence-corrected chi connectivity index (χ1v) is 5.15. The van der Waals surface area contributed by atoms with Crippen molar-refractivity contribution in [3.05, 3.63) is 30.3 Å². The summed E-state index contributed by atoms with van der Waals surface area (Å²) in [6, 6.07) is 9.01. The second-order valence-electron chi connectivity index (χ2n) is 3.80. The van der Waals surface area contributed by atoms with Crippen LogP contribution >= 0.6 is 0 Å². The predicted molar refractivity (Wildman–Crippen MR) is 58.0 cm³/mol. The Morgan fingerprint density at radius 3 is 2.75 bits per heavy atom. The number of rotatable bonds is 2. The summed E-state index contributed by atoms with van der Waals surface area (Å²) in [5.41, 5.74) is 5.96. The Morgan fingerprint density at radius 2 is 2.12 bits per heavy atom. The Morgan fingerprint density at radius 1 is 1.44 bits per heavy atom. The Kier molecular flexibility index (Phi) is 2.70. The minimum absolute atomic E-state index is 0.415. The minimum atomic E-state index is -1.23. The van der Waals surface area contributed by atoms with Crippen molar-refractivity contribution >= 4 is 6.09 Å². The fourth-order valence-corrected chi connectivity index (χ4v) is 1.87. The monoisotopic (exact) mass is 222 g/mol. The van der Waals surface area contributed by atoms with E-state index < -0.39 is 11.9 Å². The van der Waals surface area contributed by atoms with E-state index >= 15 is 0 Å². The van der Waals surface area contributed by atoms with Crippen LogP contribution in [0.25, 0.3) is 0 Å². The van der Waals surface area contributed by atoms with Gasteiger partial charge in [-0.3, -0.25) is 10.6 Å². The summed E-state index contributed by atoms with van der Waals surface area (Å²) in [5.74, 6) is -0.647. The number of para-hydroxylation sites is 1. The molecule has 1 fully saturated rings. The number of hydrogen-bond donors (Lipinski definition) is 2. The molecular weight excluding hydrogens is 208 g/mol. The van der Waals surface area contributed by atoms with Crippen LogP contribution in [-0.2, 0) is 0 Å². The lowest BCUT2D eigenvalue weighted by atomic mass is 10.3. The van der Waals surface area contributed by atoms with Crippen LogP contribution < -0.4 is 10.5 Å². The number of benzene rings is 1. The van der Waals surface area contributed by atoms with Crippen molar-refractivity contribution in [3.63, 3.8) is 0 Å². The van der Waals surface area contributed by atoms with Crippen LogP contribution in [0.15, 0.2) is 30.3 Å². The van der Waals surface area contributed by atoms with Gasteiger partial charge in [-0.25, -0.2) is 4.79 Å². The molecule has 1 atom stereocenters. The number of nitrogens with two attached hydrogens (primary N) is 1. The van der Waals surface area contributed by atoms with E-state index in [0.717, 1.165) is 11.3 Å². The van der Waals surface area contributed by atoms with Crippen LogP contribution in [0.2, 0.25) is 0 Å². The molecule has 1 aromatic carbocycles. The molecule has 1 aliphatic rings. The molecule has 1 unspecified atom stereocenters. The summed E-state index contributed by atoms with van der Waals surface area (Å²) >= 11 is 0. The van der Waals surface area contributed by atoms with Gasteiger partial charge < -0.3 is 9.84 Å². The van der Waals surface area contributed by atoms with Crippen molar-refractivity contribution in [1.82, 2.24) is 4.90 Å². The molecule has 0 bridgehead atoms. The van der Waals surface area contributed by atoms with Gasteiger partial charge in [0, 0.05) is 13.0 Å². The largest absolute Gasteiger partial charge is 0.465 e. The van der Waals surface area contributed by atoms with E-state index in [1.807, 2.05) is 18.2 Å². The normalized spacial score (nSPS) is 24.4. The highest BCUT2D eigenvalue weighted by Crippen LogP contribution is 2.27. The zero-order valence-corrected chi connectivity index (χ0v) is 8.80. The molecule has 0 aliphatic carbocycles. The molecule has 5 heteroatoms. The first kappa shape index (κ1) is 10.8. The van der Waals surface area contributed by atoms with E-state index in [1.165, 1.54) is 0 Å². The maximum absolute atomic E-state index is 11.0. The average molecular weight is 222 g/mol. The van der Waals surface area contributed by atoms with Crippen LogP contribution in [0.4, 0.5) is 4.79 Å². The first-order chi connectivity index (χ1) is 7.62. The summed E-state index contributed by atoms with van der Waals surface area (Å²) in [6.45, 7) is 0.415. The van der Waals surface area contributed by atoms with E-state index in [4.69, 9.17) is 15.6 Å². The molecule has 1 aliphatic heterocycles. The maximum Gasteiger partial charge on any atom is 0.411 e. The Hall–Kier alpha value is -1.75. The van der Waals surface area contributed by atoms with E-state index in [-0.39, 0.29) is 0 Å². The highest BCUT2D eigenvalue weighted by molar-refractivity contribution is 5.66. The topological polar surface area (TPSA) is 75.8 Å². The van der Waals surface area contributed by atoms with Crippen LogP contribution in [0, 0.1) is 0 Å². The summed E-state index contributed by atoms with van der Waals surface area (Å²) in [4.78, 5) is 12.1. The van der Waals surface area contributed by atoms with Gasteiger partial charge in [-0.05, 0) is 18.6 Å². The molecular formula is C11H14N2O3. The first-order valence-electron chi connectivity index (χ1n) is 5.15. The zero-order valence-electron chi connectivity index (χ0n) is 8.80. The van der Waals surface area contributed by atoms with Crippen LogP contribution in [0.3, 0.4) is 0 Å². The van der Waals surface area contributed by atoms with E-state index in [2.05, 4.69) is 0 Å². The molecule has 2 rings (SSSR count). The van der Waals surface area contributed by atoms with Crippen molar-refractivity contribution in [3.8, 4) is 5.75 Å². The van der Waals surface area contributed by atoms with Crippen LogP contribution in [-0.4, -0.2) is 28.5 Å². The fraction of sp³-hybridized carbons (Fsp3) is 0.364. The number of carboxylic acid groups (broad SMARTS) is 1. The zero-order chi connectivity index (χ0) is 11.6. The van der Waals surface area contributed by atoms with E-state index in [0.29, 0.717) is 18.7 Å². The third-order valence-corrected chi connectivity index (χ3v) is 2.64. The summed E-state index contributed by atoms with van der Waals surface area (Å²) in [5, 5.41) is 8.99. The Balaban J connectivity index is 2.16. The maximum atomic E-state index is 11.0. The molecule has 0 aromatic heterocycles. The van der Waals surface area contributed by atoms with Crippen molar-refractivity contribution in [2.45, 2.75) is 18.7 Å². The van der Waals surface area contributed by atoms with Gasteiger partial charge in [0.2, 0.25) is 5.85 Å². The van der Waals surface area contributed by atoms with Gasteiger partial charge in [0.15, 0.2) is 0 Å². The molecule has 1 amide bonds. The smallest absolute Gasteiger partial charge is 0.411 e. The third-order valence-electron chi connectivity index (χ3n) is 2.64. The number of likely N-dealkylation sites (tertiary alicyclic amines) is 1. The lowest BCUT2D eigenvalue weighted by Crippen LogP contribution is -2.58. The van der Waals surface area contributed by atoms with Gasteiger partial charge in [-0.2, -0.15) is 0 Å². The molecule has 0 spiro atoms. The predicted octanol–water partition coefficient (Wildman–Crippen LogP) is 1.45. The summed E-state index contributed by atoms with van der Waals surface area (Å²) in [7, 11) is 0. The van der Waals surface area contributed by atoms with Crippen LogP contribution in [0.1, 0.15) is 12.8 Å². The van der Waals surface area contributed by atoms with Gasteiger partial charge in [0.1, 0.15) is 5.75 Å². The lowest BCUT2D eigenvalue weighted by molar-refractivity contribution is -0.0377. The quantitative estimate of drug-likeness (QED) is 0.742. The van der Waals surface area contributed by atoms with Crippen molar-refractivity contribution in [2.75, 3.05) is 6.54 Å². The number of amides is 1. The van der Waals surface area contributed by atoms with Gasteiger partial charge in [0.05, 0.1) is 0 Å². The summed E-state index contributed by atoms with van der Waals surface area (Å²) < 4.78 is 5.56.